The van der Waals surface area contributed by atoms with Crippen LogP contribution >= 0.6 is 0 Å². The van der Waals surface area contributed by atoms with Crippen molar-refractivity contribution < 1.29 is 4.39 Å². The number of anilines is 1. The molecule has 1 fully saturated rings. The minimum absolute atomic E-state index is 0.106. The van der Waals surface area contributed by atoms with Gasteiger partial charge in [-0.3, -0.25) is 0 Å². The molecule has 5 heteroatoms. The average Bonchev–Trinajstić information content (AvgIpc) is 2.41. The van der Waals surface area contributed by atoms with E-state index in [1.165, 1.54) is 38.4 Å². The third kappa shape index (κ3) is 2.96. The SMILES string of the molecule is Cc1ncnc(NC(CN)C2CCCCC2)c1F. The highest BCUT2D eigenvalue weighted by Gasteiger charge is 2.23. The molecule has 0 aliphatic heterocycles. The molecule has 100 valence electrons. The zero-order chi connectivity index (χ0) is 13.0. The van der Waals surface area contributed by atoms with Gasteiger partial charge in [0, 0.05) is 12.6 Å². The Morgan fingerprint density at radius 1 is 1.39 bits per heavy atom. The largest absolute Gasteiger partial charge is 0.363 e. The van der Waals surface area contributed by atoms with Crippen molar-refractivity contribution in [3.63, 3.8) is 0 Å². The maximum Gasteiger partial charge on any atom is 0.186 e. The summed E-state index contributed by atoms with van der Waals surface area (Å²) in [6, 6.07) is 0.106. The van der Waals surface area contributed by atoms with Crippen molar-refractivity contribution in [3.05, 3.63) is 17.8 Å². The summed E-state index contributed by atoms with van der Waals surface area (Å²) in [5.41, 5.74) is 6.18. The maximum absolute atomic E-state index is 13.8. The molecule has 1 atom stereocenters. The van der Waals surface area contributed by atoms with Crippen molar-refractivity contribution in [2.45, 2.75) is 45.1 Å². The lowest BCUT2D eigenvalue weighted by molar-refractivity contribution is 0.319. The molecule has 0 amide bonds. The Kier molecular flexibility index (Phi) is 4.47. The van der Waals surface area contributed by atoms with Crippen LogP contribution in [0.15, 0.2) is 6.33 Å². The summed E-state index contributed by atoms with van der Waals surface area (Å²) in [6.45, 7) is 2.15. The number of nitrogens with one attached hydrogen (secondary N) is 1. The van der Waals surface area contributed by atoms with Crippen LogP contribution in [0.25, 0.3) is 0 Å². The summed E-state index contributed by atoms with van der Waals surface area (Å²) in [4.78, 5) is 7.80. The van der Waals surface area contributed by atoms with Crippen LogP contribution in [0.1, 0.15) is 37.8 Å². The Hall–Kier alpha value is -1.23. The number of halogens is 1. The minimum atomic E-state index is -0.369. The van der Waals surface area contributed by atoms with E-state index in [1.807, 2.05) is 0 Å². The molecule has 1 aromatic rings. The standard InChI is InChI=1S/C13H21FN4/c1-9-12(14)13(17-8-16-9)18-11(7-15)10-5-3-2-4-6-10/h8,10-11H,2-7,15H2,1H3,(H,16,17,18). The van der Waals surface area contributed by atoms with Gasteiger partial charge in [-0.1, -0.05) is 19.3 Å². The summed E-state index contributed by atoms with van der Waals surface area (Å²) in [7, 11) is 0. The molecule has 3 N–H and O–H groups in total. The monoisotopic (exact) mass is 252 g/mol. The number of aromatic nitrogens is 2. The molecular formula is C13H21FN4. The van der Waals surface area contributed by atoms with Crippen LogP contribution in [0, 0.1) is 18.7 Å². The van der Waals surface area contributed by atoms with Gasteiger partial charge in [0.15, 0.2) is 11.6 Å². The van der Waals surface area contributed by atoms with Gasteiger partial charge in [0.05, 0.1) is 5.69 Å². The molecule has 0 aromatic carbocycles. The third-order valence-corrected chi connectivity index (χ3v) is 3.76. The predicted octanol–water partition coefficient (Wildman–Crippen LogP) is 2.24. The highest BCUT2D eigenvalue weighted by atomic mass is 19.1. The van der Waals surface area contributed by atoms with Gasteiger partial charge in [0.25, 0.3) is 0 Å². The van der Waals surface area contributed by atoms with Gasteiger partial charge in [0.1, 0.15) is 6.33 Å². The van der Waals surface area contributed by atoms with Gasteiger partial charge in [-0.15, -0.1) is 0 Å². The van der Waals surface area contributed by atoms with Gasteiger partial charge in [-0.05, 0) is 25.7 Å². The summed E-state index contributed by atoms with van der Waals surface area (Å²) in [6.07, 6.45) is 7.51. The van der Waals surface area contributed by atoms with E-state index in [0.717, 1.165) is 0 Å². The molecular weight excluding hydrogens is 231 g/mol. The van der Waals surface area contributed by atoms with Gasteiger partial charge in [-0.2, -0.15) is 0 Å². The van der Waals surface area contributed by atoms with Crippen LogP contribution in [0.5, 0.6) is 0 Å². The number of nitrogens with zero attached hydrogens (tertiary/aromatic N) is 2. The average molecular weight is 252 g/mol. The predicted molar refractivity (Wildman–Crippen MR) is 69.8 cm³/mol. The Morgan fingerprint density at radius 3 is 2.78 bits per heavy atom. The van der Waals surface area contributed by atoms with Gasteiger partial charge in [-0.25, -0.2) is 14.4 Å². The van der Waals surface area contributed by atoms with E-state index < -0.39 is 0 Å². The van der Waals surface area contributed by atoms with Gasteiger partial charge >= 0.3 is 0 Å². The van der Waals surface area contributed by atoms with Crippen LogP contribution in [0.4, 0.5) is 10.2 Å². The number of rotatable bonds is 4. The second-order valence-electron chi connectivity index (χ2n) is 5.01. The zero-order valence-electron chi connectivity index (χ0n) is 10.8. The fraction of sp³-hybridized carbons (Fsp3) is 0.692. The molecule has 0 bridgehead atoms. The molecule has 1 aliphatic carbocycles. The van der Waals surface area contributed by atoms with Crippen molar-refractivity contribution >= 4 is 5.82 Å². The normalized spacial score (nSPS) is 18.6. The van der Waals surface area contributed by atoms with E-state index in [-0.39, 0.29) is 17.7 Å². The second kappa shape index (κ2) is 6.09. The lowest BCUT2D eigenvalue weighted by Gasteiger charge is -2.30. The first kappa shape index (κ1) is 13.2. The van der Waals surface area contributed by atoms with Crippen LogP contribution in [0.2, 0.25) is 0 Å². The molecule has 0 saturated heterocycles. The Balaban J connectivity index is 2.07. The zero-order valence-corrected chi connectivity index (χ0v) is 10.8. The van der Waals surface area contributed by atoms with Crippen molar-refractivity contribution in [3.8, 4) is 0 Å². The molecule has 4 nitrogen and oxygen atoms in total. The minimum Gasteiger partial charge on any atom is -0.363 e. The quantitative estimate of drug-likeness (QED) is 0.862. The molecule has 0 spiro atoms. The van der Waals surface area contributed by atoms with E-state index in [0.29, 0.717) is 18.2 Å². The highest BCUT2D eigenvalue weighted by Crippen LogP contribution is 2.28. The molecule has 1 aromatic heterocycles. The second-order valence-corrected chi connectivity index (χ2v) is 5.01. The molecule has 0 radical (unpaired) electrons. The molecule has 1 saturated carbocycles. The number of hydrogen-bond acceptors (Lipinski definition) is 4. The Morgan fingerprint density at radius 2 is 2.11 bits per heavy atom. The summed E-state index contributed by atoms with van der Waals surface area (Å²) < 4.78 is 13.8. The van der Waals surface area contributed by atoms with Crippen LogP contribution in [-0.2, 0) is 0 Å². The third-order valence-electron chi connectivity index (χ3n) is 3.76. The summed E-state index contributed by atoms with van der Waals surface area (Å²) in [5, 5.41) is 3.16. The van der Waals surface area contributed by atoms with Crippen molar-refractivity contribution in [1.29, 1.82) is 0 Å². The molecule has 1 unspecified atom stereocenters. The smallest absolute Gasteiger partial charge is 0.186 e. The number of nitrogens with two attached hydrogens (primary N) is 1. The fourth-order valence-electron chi connectivity index (χ4n) is 2.64. The fourth-order valence-corrected chi connectivity index (χ4v) is 2.64. The summed E-state index contributed by atoms with van der Waals surface area (Å²) in [5.74, 6) is 0.439. The topological polar surface area (TPSA) is 63.8 Å². The molecule has 1 aliphatic rings. The first-order chi connectivity index (χ1) is 8.72. The van der Waals surface area contributed by atoms with Crippen molar-refractivity contribution in [2.24, 2.45) is 11.7 Å². The Labute approximate surface area is 107 Å². The van der Waals surface area contributed by atoms with Crippen molar-refractivity contribution in [2.75, 3.05) is 11.9 Å². The van der Waals surface area contributed by atoms with Crippen LogP contribution < -0.4 is 11.1 Å². The number of hydrogen-bond donors (Lipinski definition) is 2. The Bertz CT molecular complexity index is 391. The first-order valence-electron chi connectivity index (χ1n) is 6.66. The van der Waals surface area contributed by atoms with Crippen molar-refractivity contribution in [1.82, 2.24) is 9.97 Å². The number of aryl methyl sites for hydroxylation is 1. The van der Waals surface area contributed by atoms with E-state index in [9.17, 15) is 4.39 Å². The lowest BCUT2D eigenvalue weighted by atomic mass is 9.84. The van der Waals surface area contributed by atoms with Crippen LogP contribution in [-0.4, -0.2) is 22.6 Å². The maximum atomic E-state index is 13.8. The highest BCUT2D eigenvalue weighted by molar-refractivity contribution is 5.38. The van der Waals surface area contributed by atoms with E-state index in [4.69, 9.17) is 5.73 Å². The van der Waals surface area contributed by atoms with E-state index >= 15 is 0 Å². The molecule has 18 heavy (non-hydrogen) atoms. The first-order valence-corrected chi connectivity index (χ1v) is 6.66. The van der Waals surface area contributed by atoms with Gasteiger partial charge < -0.3 is 11.1 Å². The lowest BCUT2D eigenvalue weighted by Crippen LogP contribution is -2.38. The molecule has 2 rings (SSSR count). The van der Waals surface area contributed by atoms with Crippen LogP contribution in [0.3, 0.4) is 0 Å². The molecule has 1 heterocycles. The summed E-state index contributed by atoms with van der Waals surface area (Å²) >= 11 is 0. The van der Waals surface area contributed by atoms with E-state index in [2.05, 4.69) is 15.3 Å². The van der Waals surface area contributed by atoms with E-state index in [1.54, 1.807) is 6.92 Å². The van der Waals surface area contributed by atoms with Gasteiger partial charge in [0.2, 0.25) is 0 Å².